The van der Waals surface area contributed by atoms with E-state index in [1.807, 2.05) is 30.3 Å². The van der Waals surface area contributed by atoms with E-state index in [-0.39, 0.29) is 34.2 Å². The summed E-state index contributed by atoms with van der Waals surface area (Å²) in [6.45, 7) is 0.0742. The number of benzene rings is 4. The number of carboxylic acid groups (broad SMARTS) is 1. The Balaban J connectivity index is 1.55. The zero-order valence-corrected chi connectivity index (χ0v) is 21.4. The number of carbonyl (C=O) groups is 3. The Hall–Kier alpha value is -5.42. The first-order valence-corrected chi connectivity index (χ1v) is 12.3. The zero-order chi connectivity index (χ0) is 28.4. The van der Waals surface area contributed by atoms with Crippen molar-refractivity contribution in [2.45, 2.75) is 6.61 Å². The monoisotopic (exact) mass is 553 g/mol. The van der Waals surface area contributed by atoms with Crippen molar-refractivity contribution in [2.24, 2.45) is 0 Å². The first-order valence-electron chi connectivity index (χ1n) is 11.9. The number of fused-ring (bicyclic) bond motifs is 1. The number of amides is 2. The smallest absolute Gasteiger partial charge is 0.335 e. The van der Waals surface area contributed by atoms with Crippen molar-refractivity contribution < 1.29 is 29.2 Å². The topological polar surface area (TPSA) is 139 Å². The SMILES string of the molecule is O=C1NC(=S)N(c2cccc(C(=O)O)c2)C(=O)C1=Cc1c(OCc2ccc([N+](=O)[O-])cc2)ccc2ccccc12. The lowest BCUT2D eigenvalue weighted by atomic mass is 9.99. The Morgan fingerprint density at radius 3 is 2.50 bits per heavy atom. The molecule has 4 aromatic rings. The van der Waals surface area contributed by atoms with Gasteiger partial charge in [-0.3, -0.25) is 29.9 Å². The van der Waals surface area contributed by atoms with Crippen molar-refractivity contribution in [2.75, 3.05) is 4.90 Å². The Kier molecular flexibility index (Phi) is 7.04. The van der Waals surface area contributed by atoms with Gasteiger partial charge in [0.1, 0.15) is 17.9 Å². The highest BCUT2D eigenvalue weighted by molar-refractivity contribution is 7.80. The lowest BCUT2D eigenvalue weighted by molar-refractivity contribution is -0.384. The van der Waals surface area contributed by atoms with E-state index in [1.54, 1.807) is 18.2 Å². The molecule has 2 N–H and O–H groups in total. The molecular weight excluding hydrogens is 534 g/mol. The fourth-order valence-electron chi connectivity index (χ4n) is 4.24. The predicted octanol–water partition coefficient (Wildman–Crippen LogP) is 4.86. The number of carbonyl (C=O) groups excluding carboxylic acids is 2. The molecule has 0 atom stereocenters. The van der Waals surface area contributed by atoms with E-state index in [4.69, 9.17) is 17.0 Å². The van der Waals surface area contributed by atoms with Gasteiger partial charge in [0.2, 0.25) is 0 Å². The lowest BCUT2D eigenvalue weighted by Gasteiger charge is -2.29. The molecule has 11 heteroatoms. The summed E-state index contributed by atoms with van der Waals surface area (Å²) in [5.41, 5.74) is 1.01. The fraction of sp³-hybridized carbons (Fsp3) is 0.0345. The first kappa shape index (κ1) is 26.2. The van der Waals surface area contributed by atoms with Crippen molar-refractivity contribution in [3.05, 3.63) is 117 Å². The van der Waals surface area contributed by atoms with Crippen LogP contribution < -0.4 is 15.0 Å². The third-order valence-electron chi connectivity index (χ3n) is 6.21. The van der Waals surface area contributed by atoms with E-state index >= 15 is 0 Å². The minimum atomic E-state index is -1.18. The Bertz CT molecular complexity index is 1750. The molecular formula is C29H19N3O7S. The number of nitro benzene ring substituents is 1. The molecule has 2 amide bonds. The van der Waals surface area contributed by atoms with Gasteiger partial charge < -0.3 is 9.84 Å². The molecule has 0 radical (unpaired) electrons. The van der Waals surface area contributed by atoms with Gasteiger partial charge in [-0.25, -0.2) is 4.79 Å². The van der Waals surface area contributed by atoms with Crippen LogP contribution >= 0.6 is 12.2 Å². The molecule has 0 aromatic heterocycles. The van der Waals surface area contributed by atoms with Crippen LogP contribution in [0, 0.1) is 10.1 Å². The molecule has 0 spiro atoms. The standard InChI is InChI=1S/C29H19N3O7S/c33-26-24(27(34)31(29(40)30-26)21-6-3-5-19(14-21)28(35)36)15-23-22-7-2-1-4-18(22)10-13-25(23)39-16-17-8-11-20(12-9-17)32(37)38/h1-15H,16H2,(H,35,36)(H,30,33,40). The zero-order valence-electron chi connectivity index (χ0n) is 20.6. The highest BCUT2D eigenvalue weighted by Gasteiger charge is 2.35. The van der Waals surface area contributed by atoms with Crippen LogP contribution in [-0.2, 0) is 16.2 Å². The van der Waals surface area contributed by atoms with Crippen molar-refractivity contribution in [3.63, 3.8) is 0 Å². The van der Waals surface area contributed by atoms with E-state index in [2.05, 4.69) is 5.32 Å². The number of nitrogens with zero attached hydrogens (tertiary/aromatic N) is 2. The third-order valence-corrected chi connectivity index (χ3v) is 6.50. The highest BCUT2D eigenvalue weighted by atomic mass is 32.1. The number of hydrogen-bond acceptors (Lipinski definition) is 7. The number of nitrogens with one attached hydrogen (secondary N) is 1. The van der Waals surface area contributed by atoms with Crippen LogP contribution in [-0.4, -0.2) is 32.9 Å². The van der Waals surface area contributed by atoms with Gasteiger partial charge >= 0.3 is 5.97 Å². The Labute approximate surface area is 232 Å². The quantitative estimate of drug-likeness (QED) is 0.109. The number of non-ortho nitro benzene ring substituents is 1. The summed E-state index contributed by atoms with van der Waals surface area (Å²) in [7, 11) is 0. The number of ether oxygens (including phenoxy) is 1. The molecule has 198 valence electrons. The summed E-state index contributed by atoms with van der Waals surface area (Å²) in [5.74, 6) is -2.25. The molecule has 0 aliphatic carbocycles. The maximum absolute atomic E-state index is 13.6. The lowest BCUT2D eigenvalue weighted by Crippen LogP contribution is -2.54. The number of rotatable bonds is 7. The molecule has 0 bridgehead atoms. The van der Waals surface area contributed by atoms with Gasteiger partial charge in [0.05, 0.1) is 16.2 Å². The van der Waals surface area contributed by atoms with Gasteiger partial charge in [-0.15, -0.1) is 0 Å². The van der Waals surface area contributed by atoms with Gasteiger partial charge in [0.15, 0.2) is 5.11 Å². The second-order valence-electron chi connectivity index (χ2n) is 8.72. The van der Waals surface area contributed by atoms with E-state index in [9.17, 15) is 29.6 Å². The van der Waals surface area contributed by atoms with Gasteiger partial charge in [0, 0.05) is 17.7 Å². The Morgan fingerprint density at radius 2 is 1.77 bits per heavy atom. The number of hydrogen-bond donors (Lipinski definition) is 2. The van der Waals surface area contributed by atoms with Crippen LogP contribution in [0.3, 0.4) is 0 Å². The summed E-state index contributed by atoms with van der Waals surface area (Å²) >= 11 is 5.25. The summed E-state index contributed by atoms with van der Waals surface area (Å²) in [6, 6.07) is 22.5. The molecule has 0 unspecified atom stereocenters. The number of carboxylic acids is 1. The van der Waals surface area contributed by atoms with E-state index in [0.717, 1.165) is 10.3 Å². The maximum Gasteiger partial charge on any atom is 0.335 e. The van der Waals surface area contributed by atoms with Gasteiger partial charge in [-0.05, 0) is 71.0 Å². The van der Waals surface area contributed by atoms with Crippen LogP contribution in [0.5, 0.6) is 5.75 Å². The molecule has 1 saturated heterocycles. The molecule has 1 aliphatic heterocycles. The number of anilines is 1. The van der Waals surface area contributed by atoms with Crippen LogP contribution in [0.1, 0.15) is 21.5 Å². The molecule has 4 aromatic carbocycles. The third kappa shape index (κ3) is 5.13. The van der Waals surface area contributed by atoms with Crippen molar-refractivity contribution in [1.29, 1.82) is 0 Å². The van der Waals surface area contributed by atoms with Crippen molar-refractivity contribution in [3.8, 4) is 5.75 Å². The van der Waals surface area contributed by atoms with E-state index in [1.165, 1.54) is 42.5 Å². The summed E-state index contributed by atoms with van der Waals surface area (Å²) in [5, 5.41) is 24.2. The highest BCUT2D eigenvalue weighted by Crippen LogP contribution is 2.32. The molecule has 0 saturated carbocycles. The first-order chi connectivity index (χ1) is 19.2. The van der Waals surface area contributed by atoms with Crippen LogP contribution in [0.25, 0.3) is 16.8 Å². The molecule has 5 rings (SSSR count). The summed E-state index contributed by atoms with van der Waals surface area (Å²) < 4.78 is 6.06. The molecule has 1 aliphatic rings. The molecule has 1 fully saturated rings. The average Bonchev–Trinajstić information content (AvgIpc) is 2.94. The maximum atomic E-state index is 13.6. The average molecular weight is 554 g/mol. The van der Waals surface area contributed by atoms with Gasteiger partial charge in [-0.1, -0.05) is 36.4 Å². The fourth-order valence-corrected chi connectivity index (χ4v) is 4.52. The van der Waals surface area contributed by atoms with E-state index < -0.39 is 22.7 Å². The normalized spacial score (nSPS) is 14.3. The molecule has 40 heavy (non-hydrogen) atoms. The second-order valence-corrected chi connectivity index (χ2v) is 9.11. The summed E-state index contributed by atoms with van der Waals surface area (Å²) in [4.78, 5) is 49.6. The largest absolute Gasteiger partial charge is 0.488 e. The predicted molar refractivity (Wildman–Crippen MR) is 151 cm³/mol. The molecule has 10 nitrogen and oxygen atoms in total. The Morgan fingerprint density at radius 1 is 1.02 bits per heavy atom. The van der Waals surface area contributed by atoms with Crippen LogP contribution in [0.2, 0.25) is 0 Å². The van der Waals surface area contributed by atoms with Crippen LogP contribution in [0.4, 0.5) is 11.4 Å². The van der Waals surface area contributed by atoms with Gasteiger partial charge in [0.25, 0.3) is 17.5 Å². The second kappa shape index (κ2) is 10.8. The summed E-state index contributed by atoms with van der Waals surface area (Å²) in [6.07, 6.45) is 1.42. The number of nitro groups is 1. The minimum Gasteiger partial charge on any atom is -0.488 e. The van der Waals surface area contributed by atoms with Gasteiger partial charge in [-0.2, -0.15) is 0 Å². The number of aromatic carboxylic acids is 1. The number of thiocarbonyl (C=S) groups is 1. The van der Waals surface area contributed by atoms with Crippen molar-refractivity contribution >= 4 is 63.3 Å². The molecule has 1 heterocycles. The van der Waals surface area contributed by atoms with E-state index in [0.29, 0.717) is 22.3 Å². The minimum absolute atomic E-state index is 0.0435. The van der Waals surface area contributed by atoms with Crippen molar-refractivity contribution in [1.82, 2.24) is 5.32 Å². The van der Waals surface area contributed by atoms with Crippen LogP contribution in [0.15, 0.2) is 90.5 Å².